The SMILES string of the molecule is CCC(CO)(CO)NC(=O)C[C@H]1C(=O)NCCN1Cc1ccc(F)cc1. The van der Waals surface area contributed by atoms with E-state index in [1.807, 2.05) is 4.90 Å². The van der Waals surface area contributed by atoms with E-state index in [1.54, 1.807) is 19.1 Å². The van der Waals surface area contributed by atoms with Crippen molar-refractivity contribution in [3.05, 3.63) is 35.6 Å². The number of benzene rings is 1. The molecule has 7 nitrogen and oxygen atoms in total. The molecule has 1 saturated heterocycles. The number of aliphatic hydroxyl groups excluding tert-OH is 2. The molecule has 0 saturated carbocycles. The molecule has 1 aromatic carbocycles. The minimum absolute atomic E-state index is 0.0885. The van der Waals surface area contributed by atoms with Crippen LogP contribution in [0.3, 0.4) is 0 Å². The Kier molecular flexibility index (Phi) is 7.07. The molecule has 2 amide bonds. The van der Waals surface area contributed by atoms with Crippen LogP contribution >= 0.6 is 0 Å². The molecule has 0 aliphatic carbocycles. The van der Waals surface area contributed by atoms with E-state index in [0.29, 0.717) is 26.1 Å². The van der Waals surface area contributed by atoms with Crippen molar-refractivity contribution in [2.75, 3.05) is 26.3 Å². The van der Waals surface area contributed by atoms with E-state index in [2.05, 4.69) is 10.6 Å². The molecular formula is C18H26FN3O4. The van der Waals surface area contributed by atoms with Gasteiger partial charge < -0.3 is 20.8 Å². The first-order valence-electron chi connectivity index (χ1n) is 8.72. The van der Waals surface area contributed by atoms with E-state index >= 15 is 0 Å². The Balaban J connectivity index is 2.06. The number of amides is 2. The maximum absolute atomic E-state index is 13.1. The average molecular weight is 367 g/mol. The zero-order chi connectivity index (χ0) is 19.2. The van der Waals surface area contributed by atoms with E-state index < -0.39 is 17.5 Å². The third kappa shape index (κ3) is 5.00. The number of aliphatic hydroxyl groups is 2. The largest absolute Gasteiger partial charge is 0.394 e. The Morgan fingerprint density at radius 2 is 2.00 bits per heavy atom. The van der Waals surface area contributed by atoms with Gasteiger partial charge in [0.25, 0.3) is 0 Å². The smallest absolute Gasteiger partial charge is 0.237 e. The lowest BCUT2D eigenvalue weighted by molar-refractivity contribution is -0.135. The van der Waals surface area contributed by atoms with Gasteiger partial charge in [0.05, 0.1) is 31.2 Å². The molecule has 0 radical (unpaired) electrons. The van der Waals surface area contributed by atoms with Gasteiger partial charge in [-0.25, -0.2) is 4.39 Å². The molecule has 0 spiro atoms. The average Bonchev–Trinajstić information content (AvgIpc) is 2.64. The predicted octanol–water partition coefficient (Wildman–Crippen LogP) is -0.234. The number of carbonyl (C=O) groups excluding carboxylic acids is 2. The first-order chi connectivity index (χ1) is 12.4. The van der Waals surface area contributed by atoms with Gasteiger partial charge in [0, 0.05) is 19.6 Å². The lowest BCUT2D eigenvalue weighted by Crippen LogP contribution is -2.59. The fraction of sp³-hybridized carbons (Fsp3) is 0.556. The molecule has 1 aliphatic rings. The van der Waals surface area contributed by atoms with Gasteiger partial charge in [-0.1, -0.05) is 19.1 Å². The second kappa shape index (κ2) is 9.07. The summed E-state index contributed by atoms with van der Waals surface area (Å²) in [7, 11) is 0. The highest BCUT2D eigenvalue weighted by atomic mass is 19.1. The fourth-order valence-corrected chi connectivity index (χ4v) is 2.96. The van der Waals surface area contributed by atoms with Crippen molar-refractivity contribution in [3.8, 4) is 0 Å². The fourth-order valence-electron chi connectivity index (χ4n) is 2.96. The van der Waals surface area contributed by atoms with Crippen molar-refractivity contribution in [1.29, 1.82) is 0 Å². The lowest BCUT2D eigenvalue weighted by atomic mass is 9.97. The third-order valence-corrected chi connectivity index (χ3v) is 4.81. The standard InChI is InChI=1S/C18H26FN3O4/c1-2-18(11-23,12-24)21-16(25)9-15-17(26)20-7-8-22(15)10-13-3-5-14(19)6-4-13/h3-6,15,23-24H,2,7-12H2,1H3,(H,20,26)(H,21,25)/t15-/m0/s1. The number of piperazine rings is 1. The topological polar surface area (TPSA) is 102 Å². The van der Waals surface area contributed by atoms with Crippen LogP contribution in [0.25, 0.3) is 0 Å². The third-order valence-electron chi connectivity index (χ3n) is 4.81. The van der Waals surface area contributed by atoms with E-state index in [9.17, 15) is 24.2 Å². The predicted molar refractivity (Wildman–Crippen MR) is 93.6 cm³/mol. The molecule has 2 rings (SSSR count). The second-order valence-corrected chi connectivity index (χ2v) is 6.61. The van der Waals surface area contributed by atoms with Crippen LogP contribution in [0.2, 0.25) is 0 Å². The zero-order valence-corrected chi connectivity index (χ0v) is 14.9. The minimum Gasteiger partial charge on any atom is -0.394 e. The van der Waals surface area contributed by atoms with E-state index in [4.69, 9.17) is 0 Å². The number of nitrogens with one attached hydrogen (secondary N) is 2. The molecule has 0 aromatic heterocycles. The van der Waals surface area contributed by atoms with Gasteiger partial charge in [0.15, 0.2) is 0 Å². The molecule has 1 aliphatic heterocycles. The summed E-state index contributed by atoms with van der Waals surface area (Å²) in [6, 6.07) is 5.36. The summed E-state index contributed by atoms with van der Waals surface area (Å²) in [5, 5.41) is 24.3. The molecule has 8 heteroatoms. The second-order valence-electron chi connectivity index (χ2n) is 6.61. The highest BCUT2D eigenvalue weighted by Gasteiger charge is 2.34. The Morgan fingerprint density at radius 1 is 1.35 bits per heavy atom. The van der Waals surface area contributed by atoms with Gasteiger partial charge in [-0.2, -0.15) is 0 Å². The maximum Gasteiger partial charge on any atom is 0.237 e. The van der Waals surface area contributed by atoms with Gasteiger partial charge in [0.2, 0.25) is 11.8 Å². The highest BCUT2D eigenvalue weighted by Crippen LogP contribution is 2.16. The van der Waals surface area contributed by atoms with Gasteiger partial charge in [-0.15, -0.1) is 0 Å². The monoisotopic (exact) mass is 367 g/mol. The van der Waals surface area contributed by atoms with Crippen LogP contribution in [-0.2, 0) is 16.1 Å². The van der Waals surface area contributed by atoms with Crippen LogP contribution < -0.4 is 10.6 Å². The van der Waals surface area contributed by atoms with Crippen LogP contribution in [0.15, 0.2) is 24.3 Å². The minimum atomic E-state index is -1.09. The number of halogens is 1. The number of hydrogen-bond acceptors (Lipinski definition) is 5. The number of carbonyl (C=O) groups is 2. The molecule has 1 heterocycles. The van der Waals surface area contributed by atoms with Crippen molar-refractivity contribution in [3.63, 3.8) is 0 Å². The Labute approximate surface area is 152 Å². The molecular weight excluding hydrogens is 341 g/mol. The summed E-state index contributed by atoms with van der Waals surface area (Å²) in [4.78, 5) is 26.5. The number of nitrogens with zero attached hydrogens (tertiary/aromatic N) is 1. The summed E-state index contributed by atoms with van der Waals surface area (Å²) < 4.78 is 13.1. The van der Waals surface area contributed by atoms with Crippen molar-refractivity contribution in [1.82, 2.24) is 15.5 Å². The molecule has 0 unspecified atom stereocenters. The molecule has 1 atom stereocenters. The Hall–Kier alpha value is -2.03. The number of rotatable bonds is 8. The normalized spacial score (nSPS) is 18.5. The van der Waals surface area contributed by atoms with E-state index in [-0.39, 0.29) is 31.4 Å². The lowest BCUT2D eigenvalue weighted by Gasteiger charge is -2.36. The van der Waals surface area contributed by atoms with Crippen LogP contribution in [0.4, 0.5) is 4.39 Å². The van der Waals surface area contributed by atoms with Crippen molar-refractivity contribution < 1.29 is 24.2 Å². The van der Waals surface area contributed by atoms with E-state index in [1.165, 1.54) is 12.1 Å². The van der Waals surface area contributed by atoms with Crippen molar-refractivity contribution in [2.45, 2.75) is 37.9 Å². The molecule has 26 heavy (non-hydrogen) atoms. The molecule has 1 fully saturated rings. The van der Waals surface area contributed by atoms with Crippen molar-refractivity contribution >= 4 is 11.8 Å². The summed E-state index contributed by atoms with van der Waals surface area (Å²) in [5.41, 5.74) is -0.246. The first kappa shape index (κ1) is 20.3. The van der Waals surface area contributed by atoms with Crippen LogP contribution in [0, 0.1) is 5.82 Å². The quantitative estimate of drug-likeness (QED) is 0.508. The van der Waals surface area contributed by atoms with Crippen LogP contribution in [-0.4, -0.2) is 64.8 Å². The van der Waals surface area contributed by atoms with Gasteiger partial charge in [-0.05, 0) is 24.1 Å². The summed E-state index contributed by atoms with van der Waals surface area (Å²) in [6.45, 7) is 2.44. The van der Waals surface area contributed by atoms with Crippen LogP contribution in [0.5, 0.6) is 0 Å². The molecule has 0 bridgehead atoms. The zero-order valence-electron chi connectivity index (χ0n) is 14.9. The van der Waals surface area contributed by atoms with Crippen molar-refractivity contribution in [2.24, 2.45) is 0 Å². The summed E-state index contributed by atoms with van der Waals surface area (Å²) in [5.74, 6) is -0.991. The number of hydrogen-bond donors (Lipinski definition) is 4. The maximum atomic E-state index is 13.1. The molecule has 1 aromatic rings. The van der Waals surface area contributed by atoms with Crippen LogP contribution in [0.1, 0.15) is 25.3 Å². The summed E-state index contributed by atoms with van der Waals surface area (Å²) >= 11 is 0. The van der Waals surface area contributed by atoms with Gasteiger partial charge in [-0.3, -0.25) is 14.5 Å². The molecule has 4 N–H and O–H groups in total. The van der Waals surface area contributed by atoms with E-state index in [0.717, 1.165) is 5.56 Å². The molecule has 144 valence electrons. The Morgan fingerprint density at radius 3 is 2.58 bits per heavy atom. The first-order valence-corrected chi connectivity index (χ1v) is 8.72. The van der Waals surface area contributed by atoms with Gasteiger partial charge in [0.1, 0.15) is 5.82 Å². The summed E-state index contributed by atoms with van der Waals surface area (Å²) in [6.07, 6.45) is 0.274. The Bertz CT molecular complexity index is 611. The van der Waals surface area contributed by atoms with Gasteiger partial charge >= 0.3 is 0 Å². The highest BCUT2D eigenvalue weighted by molar-refractivity contribution is 5.89.